The fourth-order valence-electron chi connectivity index (χ4n) is 2.41. The van der Waals surface area contributed by atoms with Crippen molar-refractivity contribution in [1.82, 2.24) is 15.5 Å². The Kier molecular flexibility index (Phi) is 5.96. The highest BCUT2D eigenvalue weighted by atomic mass is 32.2. The number of H-pyrrole nitrogens is 1. The topological polar surface area (TPSA) is 78.0 Å². The number of carbonyl (C=O) groups is 1. The number of nitrogens with zero attached hydrogens (tertiary/aromatic N) is 1. The van der Waals surface area contributed by atoms with Crippen LogP contribution in [0.4, 0.5) is 0 Å². The molecule has 0 aliphatic carbocycles. The number of hydrogen-bond acceptors (Lipinski definition) is 4. The fourth-order valence-corrected chi connectivity index (χ4v) is 3.26. The second kappa shape index (κ2) is 8.58. The van der Waals surface area contributed by atoms with Crippen LogP contribution in [0.2, 0.25) is 0 Å². The van der Waals surface area contributed by atoms with Crippen LogP contribution in [-0.4, -0.2) is 33.5 Å². The minimum atomic E-state index is -0.164. The Morgan fingerprint density at radius 2 is 1.88 bits per heavy atom. The van der Waals surface area contributed by atoms with Crippen molar-refractivity contribution >= 4 is 17.7 Å². The number of phenols is 1. The summed E-state index contributed by atoms with van der Waals surface area (Å²) in [6.45, 7) is 2.69. The Labute approximate surface area is 156 Å². The Morgan fingerprint density at radius 1 is 1.15 bits per heavy atom. The van der Waals surface area contributed by atoms with Crippen LogP contribution in [0.15, 0.2) is 59.5 Å². The Bertz CT molecular complexity index is 858. The molecule has 0 aliphatic heterocycles. The SMILES string of the molecule is Cc1ccc(SCCCNC(=O)c2cc(-c3ccc(O)cc3)n[nH]2)cc1. The van der Waals surface area contributed by atoms with Crippen LogP contribution < -0.4 is 5.32 Å². The lowest BCUT2D eigenvalue weighted by atomic mass is 10.1. The minimum Gasteiger partial charge on any atom is -0.508 e. The predicted molar refractivity (Wildman–Crippen MR) is 105 cm³/mol. The Balaban J connectivity index is 1.43. The number of benzene rings is 2. The lowest BCUT2D eigenvalue weighted by Crippen LogP contribution is -2.25. The van der Waals surface area contributed by atoms with Gasteiger partial charge in [0, 0.05) is 17.0 Å². The van der Waals surface area contributed by atoms with Crippen molar-refractivity contribution in [3.63, 3.8) is 0 Å². The average Bonchev–Trinajstić information content (AvgIpc) is 3.14. The molecule has 0 bridgehead atoms. The lowest BCUT2D eigenvalue weighted by Gasteiger charge is -2.04. The maximum atomic E-state index is 12.2. The summed E-state index contributed by atoms with van der Waals surface area (Å²) in [7, 11) is 0. The fraction of sp³-hybridized carbons (Fsp3) is 0.200. The molecule has 2 aromatic carbocycles. The first-order valence-corrected chi connectivity index (χ1v) is 9.43. The van der Waals surface area contributed by atoms with Gasteiger partial charge in [-0.1, -0.05) is 17.7 Å². The van der Waals surface area contributed by atoms with Crippen molar-refractivity contribution in [2.75, 3.05) is 12.3 Å². The quantitative estimate of drug-likeness (QED) is 0.436. The van der Waals surface area contributed by atoms with E-state index in [1.165, 1.54) is 10.5 Å². The third kappa shape index (κ3) is 4.89. The van der Waals surface area contributed by atoms with Crippen LogP contribution >= 0.6 is 11.8 Å². The first-order chi connectivity index (χ1) is 12.6. The Morgan fingerprint density at radius 3 is 2.62 bits per heavy atom. The number of amides is 1. The predicted octanol–water partition coefficient (Wildman–Crippen LogP) is 4.00. The van der Waals surface area contributed by atoms with Gasteiger partial charge in [0.15, 0.2) is 0 Å². The summed E-state index contributed by atoms with van der Waals surface area (Å²) in [5, 5.41) is 19.2. The highest BCUT2D eigenvalue weighted by Gasteiger charge is 2.10. The van der Waals surface area contributed by atoms with E-state index in [4.69, 9.17) is 0 Å². The molecule has 1 aromatic heterocycles. The van der Waals surface area contributed by atoms with Gasteiger partial charge in [-0.15, -0.1) is 11.8 Å². The van der Waals surface area contributed by atoms with Crippen molar-refractivity contribution in [3.8, 4) is 17.0 Å². The Hall–Kier alpha value is -2.73. The molecule has 1 amide bonds. The maximum absolute atomic E-state index is 12.2. The molecule has 1 heterocycles. The second-order valence-corrected chi connectivity index (χ2v) is 7.15. The molecule has 26 heavy (non-hydrogen) atoms. The number of rotatable bonds is 7. The van der Waals surface area contributed by atoms with Crippen molar-refractivity contribution < 1.29 is 9.90 Å². The zero-order valence-corrected chi connectivity index (χ0v) is 15.3. The van der Waals surface area contributed by atoms with Crippen LogP contribution in [0.25, 0.3) is 11.3 Å². The largest absolute Gasteiger partial charge is 0.508 e. The molecule has 0 saturated heterocycles. The van der Waals surface area contributed by atoms with Crippen LogP contribution in [0.3, 0.4) is 0 Å². The monoisotopic (exact) mass is 367 g/mol. The number of thioether (sulfide) groups is 1. The van der Waals surface area contributed by atoms with Crippen LogP contribution in [0.1, 0.15) is 22.5 Å². The van der Waals surface area contributed by atoms with Crippen molar-refractivity contribution in [2.45, 2.75) is 18.2 Å². The smallest absolute Gasteiger partial charge is 0.269 e. The molecular formula is C20H21N3O2S. The van der Waals surface area contributed by atoms with Gasteiger partial charge in [0.1, 0.15) is 11.4 Å². The first-order valence-electron chi connectivity index (χ1n) is 8.44. The molecule has 6 heteroatoms. The number of phenolic OH excluding ortho intramolecular Hbond substituents is 1. The highest BCUT2D eigenvalue weighted by Crippen LogP contribution is 2.21. The molecule has 0 unspecified atom stereocenters. The molecule has 3 rings (SSSR count). The summed E-state index contributed by atoms with van der Waals surface area (Å²) in [6, 6.07) is 16.9. The molecule has 0 aliphatic rings. The van der Waals surface area contributed by atoms with Crippen LogP contribution in [0, 0.1) is 6.92 Å². The summed E-state index contributed by atoms with van der Waals surface area (Å²) in [6.07, 6.45) is 0.892. The van der Waals surface area contributed by atoms with E-state index in [0.29, 0.717) is 17.9 Å². The van der Waals surface area contributed by atoms with Crippen LogP contribution in [-0.2, 0) is 0 Å². The number of nitrogens with one attached hydrogen (secondary N) is 2. The molecule has 0 spiro atoms. The molecule has 5 nitrogen and oxygen atoms in total. The van der Waals surface area contributed by atoms with E-state index < -0.39 is 0 Å². The first kappa shape index (κ1) is 18.1. The third-order valence-electron chi connectivity index (χ3n) is 3.88. The standard InChI is InChI=1S/C20H21N3O2S/c1-14-3-9-17(10-4-14)26-12-2-11-21-20(25)19-13-18(22-23-19)15-5-7-16(24)8-6-15/h3-10,13,24H,2,11-12H2,1H3,(H,21,25)(H,22,23). The molecule has 3 aromatic rings. The number of aromatic nitrogens is 2. The van der Waals surface area contributed by atoms with Gasteiger partial charge >= 0.3 is 0 Å². The minimum absolute atomic E-state index is 0.164. The normalized spacial score (nSPS) is 10.7. The van der Waals surface area contributed by atoms with Gasteiger partial charge in [-0.25, -0.2) is 0 Å². The van der Waals surface area contributed by atoms with Gasteiger partial charge in [-0.05, 0) is 61.6 Å². The van der Waals surface area contributed by atoms with E-state index in [1.54, 1.807) is 42.1 Å². The van der Waals surface area contributed by atoms with E-state index in [-0.39, 0.29) is 11.7 Å². The zero-order chi connectivity index (χ0) is 18.4. The number of hydrogen-bond donors (Lipinski definition) is 3. The molecule has 0 radical (unpaired) electrons. The number of aryl methyl sites for hydroxylation is 1. The van der Waals surface area contributed by atoms with Crippen molar-refractivity contribution in [3.05, 3.63) is 65.9 Å². The average molecular weight is 367 g/mol. The van der Waals surface area contributed by atoms with Gasteiger partial charge in [-0.2, -0.15) is 5.10 Å². The maximum Gasteiger partial charge on any atom is 0.269 e. The van der Waals surface area contributed by atoms with Crippen molar-refractivity contribution in [2.24, 2.45) is 0 Å². The molecule has 0 atom stereocenters. The molecule has 0 fully saturated rings. The van der Waals surface area contributed by atoms with Gasteiger partial charge in [-0.3, -0.25) is 9.89 Å². The third-order valence-corrected chi connectivity index (χ3v) is 4.98. The molecule has 0 saturated carbocycles. The molecule has 134 valence electrons. The van der Waals surface area contributed by atoms with E-state index >= 15 is 0 Å². The number of aromatic hydroxyl groups is 1. The zero-order valence-electron chi connectivity index (χ0n) is 14.5. The summed E-state index contributed by atoms with van der Waals surface area (Å²) >= 11 is 1.79. The van der Waals surface area contributed by atoms with E-state index in [2.05, 4.69) is 46.7 Å². The summed E-state index contributed by atoms with van der Waals surface area (Å²) < 4.78 is 0. The summed E-state index contributed by atoms with van der Waals surface area (Å²) in [5.74, 6) is 0.985. The van der Waals surface area contributed by atoms with E-state index in [9.17, 15) is 9.90 Å². The lowest BCUT2D eigenvalue weighted by molar-refractivity contribution is 0.0949. The summed E-state index contributed by atoms with van der Waals surface area (Å²) in [4.78, 5) is 13.4. The van der Waals surface area contributed by atoms with E-state index in [1.807, 2.05) is 0 Å². The number of carbonyl (C=O) groups excluding carboxylic acids is 1. The van der Waals surface area contributed by atoms with E-state index in [0.717, 1.165) is 17.7 Å². The van der Waals surface area contributed by atoms with Gasteiger partial charge < -0.3 is 10.4 Å². The number of aromatic amines is 1. The van der Waals surface area contributed by atoms with Crippen molar-refractivity contribution in [1.29, 1.82) is 0 Å². The molecular weight excluding hydrogens is 346 g/mol. The van der Waals surface area contributed by atoms with Gasteiger partial charge in [0.2, 0.25) is 0 Å². The van der Waals surface area contributed by atoms with Gasteiger partial charge in [0.25, 0.3) is 5.91 Å². The van der Waals surface area contributed by atoms with Gasteiger partial charge in [0.05, 0.1) is 5.69 Å². The molecule has 3 N–H and O–H groups in total. The van der Waals surface area contributed by atoms with Crippen LogP contribution in [0.5, 0.6) is 5.75 Å². The summed E-state index contributed by atoms with van der Waals surface area (Å²) in [5.41, 5.74) is 3.20. The highest BCUT2D eigenvalue weighted by molar-refractivity contribution is 7.99. The second-order valence-electron chi connectivity index (χ2n) is 5.98.